The molecule has 0 aliphatic carbocycles. The van der Waals surface area contributed by atoms with Crippen LogP contribution in [0.4, 0.5) is 0 Å². The number of allylic oxidation sites excluding steroid dienone is 5. The number of carbonyl (C=O) groups excluding carboxylic acids is 1. The molecule has 142 valence electrons. The molecule has 0 bridgehead atoms. The van der Waals surface area contributed by atoms with Gasteiger partial charge in [0, 0.05) is 6.20 Å². The normalized spacial score (nSPS) is 13.0. The molecule has 0 spiro atoms. The molecule has 0 atom stereocenters. The largest absolute Gasteiger partial charge is 0.494 e. The first kappa shape index (κ1) is 19.9. The minimum absolute atomic E-state index is 0.0674. The van der Waals surface area contributed by atoms with E-state index < -0.39 is 0 Å². The van der Waals surface area contributed by atoms with E-state index in [1.54, 1.807) is 41.5 Å². The summed E-state index contributed by atoms with van der Waals surface area (Å²) in [5.74, 6) is 0.551. The number of nitriles is 2. The Morgan fingerprint density at radius 1 is 1.17 bits per heavy atom. The fraction of sp³-hybridized carbons (Fsp3) is 0.0870. The summed E-state index contributed by atoms with van der Waals surface area (Å²) in [4.78, 5) is 15.4. The number of hydrogen-bond donors (Lipinski definition) is 0. The Morgan fingerprint density at radius 3 is 2.55 bits per heavy atom. The highest BCUT2D eigenvalue weighted by atomic mass is 32.1. The highest BCUT2D eigenvalue weighted by molar-refractivity contribution is 7.12. The molecule has 5 nitrogen and oxygen atoms in total. The van der Waals surface area contributed by atoms with Gasteiger partial charge in [0.1, 0.15) is 17.9 Å². The van der Waals surface area contributed by atoms with Gasteiger partial charge < -0.3 is 9.64 Å². The third-order valence-electron chi connectivity index (χ3n) is 4.07. The van der Waals surface area contributed by atoms with Gasteiger partial charge in [-0.3, -0.25) is 4.79 Å². The van der Waals surface area contributed by atoms with Crippen LogP contribution in [0, 0.1) is 22.7 Å². The van der Waals surface area contributed by atoms with Crippen molar-refractivity contribution >= 4 is 23.2 Å². The van der Waals surface area contributed by atoms with Crippen LogP contribution in [0.25, 0.3) is 6.08 Å². The summed E-state index contributed by atoms with van der Waals surface area (Å²) >= 11 is 1.34. The van der Waals surface area contributed by atoms with Crippen molar-refractivity contribution in [1.29, 1.82) is 10.5 Å². The second-order valence-corrected chi connectivity index (χ2v) is 6.84. The molecule has 1 aromatic carbocycles. The molecule has 3 rings (SSSR count). The molecule has 0 radical (unpaired) electrons. The maximum absolute atomic E-state index is 13.3. The zero-order valence-corrected chi connectivity index (χ0v) is 16.5. The van der Waals surface area contributed by atoms with E-state index in [1.807, 2.05) is 54.8 Å². The summed E-state index contributed by atoms with van der Waals surface area (Å²) in [6.45, 7) is 2.49. The number of ketones is 1. The third kappa shape index (κ3) is 4.52. The summed E-state index contributed by atoms with van der Waals surface area (Å²) in [6, 6.07) is 14.8. The van der Waals surface area contributed by atoms with Crippen LogP contribution in [-0.2, 0) is 0 Å². The van der Waals surface area contributed by atoms with E-state index in [9.17, 15) is 15.3 Å². The van der Waals surface area contributed by atoms with Crippen molar-refractivity contribution in [1.82, 2.24) is 4.90 Å². The molecule has 0 saturated carbocycles. The van der Waals surface area contributed by atoms with Gasteiger partial charge in [0.25, 0.3) is 0 Å². The molecule has 6 heteroatoms. The van der Waals surface area contributed by atoms with Gasteiger partial charge in [-0.2, -0.15) is 10.5 Å². The van der Waals surface area contributed by atoms with E-state index in [0.29, 0.717) is 22.9 Å². The molecule has 0 N–H and O–H groups in total. The van der Waals surface area contributed by atoms with Crippen LogP contribution < -0.4 is 4.74 Å². The van der Waals surface area contributed by atoms with E-state index >= 15 is 0 Å². The van der Waals surface area contributed by atoms with Crippen molar-refractivity contribution in [2.24, 2.45) is 0 Å². The summed E-state index contributed by atoms with van der Waals surface area (Å²) in [7, 11) is 0. The number of rotatable bonds is 6. The number of Topliss-reactive ketones (excluding diaryl/α,β-unsaturated/α-hetero) is 1. The molecular formula is C23H17N3O2S. The summed E-state index contributed by atoms with van der Waals surface area (Å²) in [6.07, 6.45) is 8.55. The Hall–Kier alpha value is -3.87. The van der Waals surface area contributed by atoms with Crippen LogP contribution in [-0.4, -0.2) is 17.3 Å². The SMILES string of the molecule is CCOc1ccc(/C=C(/C(=O)c2cccs2)N2C=CC=CC2=C(C#N)C#N)cc1. The standard InChI is InChI=1S/C23H17N3O2S/c1-2-28-19-10-8-17(9-11-19)14-21(23(27)22-7-5-13-29-22)26-12-4-3-6-20(26)18(15-24)16-25/h3-14H,2H2,1H3/b21-14-. The Balaban J connectivity index is 2.11. The molecule has 2 aromatic rings. The molecule has 0 amide bonds. The van der Waals surface area contributed by atoms with Gasteiger partial charge in [0.2, 0.25) is 5.78 Å². The smallest absolute Gasteiger partial charge is 0.219 e. The minimum Gasteiger partial charge on any atom is -0.494 e. The highest BCUT2D eigenvalue weighted by Crippen LogP contribution is 2.28. The lowest BCUT2D eigenvalue weighted by atomic mass is 10.1. The fourth-order valence-corrected chi connectivity index (χ4v) is 3.43. The Morgan fingerprint density at radius 2 is 1.93 bits per heavy atom. The van der Waals surface area contributed by atoms with E-state index in [4.69, 9.17) is 4.74 Å². The molecule has 1 aliphatic rings. The van der Waals surface area contributed by atoms with Crippen molar-refractivity contribution in [3.63, 3.8) is 0 Å². The number of ether oxygens (including phenoxy) is 1. The lowest BCUT2D eigenvalue weighted by Gasteiger charge is -2.25. The van der Waals surface area contributed by atoms with Crippen LogP contribution in [0.5, 0.6) is 5.75 Å². The predicted octanol–water partition coefficient (Wildman–Crippen LogP) is 5.06. The van der Waals surface area contributed by atoms with E-state index in [1.165, 1.54) is 11.3 Å². The topological polar surface area (TPSA) is 77.1 Å². The van der Waals surface area contributed by atoms with Gasteiger partial charge in [0.15, 0.2) is 5.57 Å². The molecule has 2 heterocycles. The van der Waals surface area contributed by atoms with Gasteiger partial charge in [-0.15, -0.1) is 11.3 Å². The lowest BCUT2D eigenvalue weighted by Crippen LogP contribution is -2.23. The number of hydrogen-bond acceptors (Lipinski definition) is 6. The maximum Gasteiger partial charge on any atom is 0.219 e. The van der Waals surface area contributed by atoms with Crippen LogP contribution >= 0.6 is 11.3 Å². The average Bonchev–Trinajstić information content (AvgIpc) is 3.29. The first-order chi connectivity index (χ1) is 14.2. The highest BCUT2D eigenvalue weighted by Gasteiger charge is 2.24. The Labute approximate surface area is 173 Å². The van der Waals surface area contributed by atoms with Gasteiger partial charge in [-0.1, -0.05) is 24.3 Å². The van der Waals surface area contributed by atoms with Gasteiger partial charge in [-0.25, -0.2) is 0 Å². The Kier molecular flexibility index (Phi) is 6.42. The number of thiophene rings is 1. The van der Waals surface area contributed by atoms with Crippen LogP contribution in [0.15, 0.2) is 83.2 Å². The molecule has 1 aliphatic heterocycles. The first-order valence-corrected chi connectivity index (χ1v) is 9.77. The fourth-order valence-electron chi connectivity index (χ4n) is 2.76. The number of nitrogens with zero attached hydrogens (tertiary/aromatic N) is 3. The molecule has 0 unspecified atom stereocenters. The van der Waals surface area contributed by atoms with E-state index in [2.05, 4.69) is 0 Å². The zero-order chi connectivity index (χ0) is 20.6. The van der Waals surface area contributed by atoms with E-state index in [0.717, 1.165) is 11.3 Å². The Bertz CT molecular complexity index is 1080. The van der Waals surface area contributed by atoms with Crippen molar-refractivity contribution in [2.75, 3.05) is 6.61 Å². The second-order valence-electron chi connectivity index (χ2n) is 5.89. The van der Waals surface area contributed by atoms with Gasteiger partial charge in [0.05, 0.1) is 22.9 Å². The minimum atomic E-state index is -0.193. The van der Waals surface area contributed by atoms with Gasteiger partial charge >= 0.3 is 0 Å². The van der Waals surface area contributed by atoms with Crippen LogP contribution in [0.3, 0.4) is 0 Å². The van der Waals surface area contributed by atoms with Crippen molar-refractivity contribution < 1.29 is 9.53 Å². The first-order valence-electron chi connectivity index (χ1n) is 8.89. The summed E-state index contributed by atoms with van der Waals surface area (Å²) < 4.78 is 5.47. The van der Waals surface area contributed by atoms with E-state index in [-0.39, 0.29) is 11.4 Å². The lowest BCUT2D eigenvalue weighted by molar-refractivity contribution is 0.101. The second kappa shape index (κ2) is 9.36. The predicted molar refractivity (Wildman–Crippen MR) is 113 cm³/mol. The van der Waals surface area contributed by atoms with Crippen LogP contribution in [0.1, 0.15) is 22.2 Å². The number of carbonyl (C=O) groups is 1. The van der Waals surface area contributed by atoms with Crippen molar-refractivity contribution in [2.45, 2.75) is 6.92 Å². The third-order valence-corrected chi connectivity index (χ3v) is 4.94. The van der Waals surface area contributed by atoms with Crippen LogP contribution in [0.2, 0.25) is 0 Å². The van der Waals surface area contributed by atoms with Gasteiger partial charge in [-0.05, 0) is 54.3 Å². The summed E-state index contributed by atoms with van der Waals surface area (Å²) in [5.41, 5.74) is 1.43. The average molecular weight is 399 g/mol. The summed E-state index contributed by atoms with van der Waals surface area (Å²) in [5, 5.41) is 20.5. The molecular weight excluding hydrogens is 382 g/mol. The monoisotopic (exact) mass is 399 g/mol. The molecule has 0 fully saturated rings. The quantitative estimate of drug-likeness (QED) is 0.386. The zero-order valence-electron chi connectivity index (χ0n) is 15.7. The van der Waals surface area contributed by atoms with Crippen molar-refractivity contribution in [3.8, 4) is 17.9 Å². The molecule has 0 saturated heterocycles. The maximum atomic E-state index is 13.3. The molecule has 29 heavy (non-hydrogen) atoms. The van der Waals surface area contributed by atoms with Crippen molar-refractivity contribution in [3.05, 3.63) is 93.6 Å². The number of benzene rings is 1. The molecule has 1 aromatic heterocycles.